The number of nitrogens with one attached hydrogen (secondary N) is 1. The summed E-state index contributed by atoms with van der Waals surface area (Å²) in [5, 5.41) is 2.85. The molecule has 28 heavy (non-hydrogen) atoms. The number of ether oxygens (including phenoxy) is 1. The maximum Gasteiger partial charge on any atom is 0.265 e. The molecule has 1 N–H and O–H groups in total. The summed E-state index contributed by atoms with van der Waals surface area (Å²) in [6.07, 6.45) is 1.98. The van der Waals surface area contributed by atoms with Crippen molar-refractivity contribution in [3.8, 4) is 0 Å². The van der Waals surface area contributed by atoms with E-state index in [0.29, 0.717) is 18.0 Å². The molecule has 2 aromatic rings. The molecule has 8 heteroatoms. The van der Waals surface area contributed by atoms with Crippen molar-refractivity contribution >= 4 is 38.9 Å². The Morgan fingerprint density at radius 2 is 2.00 bits per heavy atom. The monoisotopic (exact) mass is 422 g/mol. The first-order valence-corrected chi connectivity index (χ1v) is 11.0. The van der Waals surface area contributed by atoms with Gasteiger partial charge in [0, 0.05) is 18.8 Å². The second kappa shape index (κ2) is 8.94. The largest absolute Gasteiger partial charge is 0.378 e. The van der Waals surface area contributed by atoms with Crippen LogP contribution in [-0.2, 0) is 19.6 Å². The minimum atomic E-state index is -3.89. The van der Waals surface area contributed by atoms with Gasteiger partial charge < -0.3 is 10.1 Å². The van der Waals surface area contributed by atoms with Crippen molar-refractivity contribution < 1.29 is 17.9 Å². The van der Waals surface area contributed by atoms with Crippen molar-refractivity contribution in [1.29, 1.82) is 0 Å². The maximum atomic E-state index is 13.2. The van der Waals surface area contributed by atoms with Crippen LogP contribution in [0.15, 0.2) is 53.4 Å². The van der Waals surface area contributed by atoms with E-state index in [9.17, 15) is 13.2 Å². The number of nitrogens with zero attached hydrogens (tertiary/aromatic N) is 1. The van der Waals surface area contributed by atoms with Crippen LogP contribution >= 0.6 is 11.6 Å². The Labute approximate surface area is 170 Å². The summed E-state index contributed by atoms with van der Waals surface area (Å²) in [7, 11) is -3.89. The molecule has 0 bridgehead atoms. The molecule has 0 spiro atoms. The predicted octanol–water partition coefficient (Wildman–Crippen LogP) is 4.06. The minimum absolute atomic E-state index is 0.0465. The molecule has 2 aromatic carbocycles. The van der Waals surface area contributed by atoms with E-state index >= 15 is 0 Å². The van der Waals surface area contributed by atoms with Crippen LogP contribution < -0.4 is 9.62 Å². The number of carbonyl (C=O) groups is 1. The molecule has 0 unspecified atom stereocenters. The highest BCUT2D eigenvalue weighted by atomic mass is 35.5. The summed E-state index contributed by atoms with van der Waals surface area (Å²) in [6.45, 7) is 2.68. The van der Waals surface area contributed by atoms with Crippen LogP contribution in [0.1, 0.15) is 26.2 Å². The predicted molar refractivity (Wildman–Crippen MR) is 110 cm³/mol. The lowest BCUT2D eigenvalue weighted by atomic mass is 10.2. The lowest BCUT2D eigenvalue weighted by Crippen LogP contribution is -2.31. The average molecular weight is 423 g/mol. The van der Waals surface area contributed by atoms with Gasteiger partial charge in [-0.15, -0.1) is 0 Å². The Hall–Kier alpha value is -2.09. The molecule has 3 rings (SSSR count). The van der Waals surface area contributed by atoms with E-state index < -0.39 is 10.0 Å². The van der Waals surface area contributed by atoms with E-state index in [-0.39, 0.29) is 34.9 Å². The average Bonchev–Trinajstić information content (AvgIpc) is 3.17. The number of carbonyl (C=O) groups excluding carboxylic acids is 1. The summed E-state index contributed by atoms with van der Waals surface area (Å²) in [5.74, 6) is -0.215. The zero-order valence-corrected chi connectivity index (χ0v) is 17.2. The highest BCUT2D eigenvalue weighted by Gasteiger charge is 2.27. The van der Waals surface area contributed by atoms with Crippen LogP contribution in [0.3, 0.4) is 0 Å². The van der Waals surface area contributed by atoms with Crippen molar-refractivity contribution in [2.75, 3.05) is 22.8 Å². The summed E-state index contributed by atoms with van der Waals surface area (Å²) in [4.78, 5) is 12.2. The lowest BCUT2D eigenvalue weighted by Gasteiger charge is -2.23. The third-order valence-electron chi connectivity index (χ3n) is 4.55. The van der Waals surface area contributed by atoms with E-state index in [4.69, 9.17) is 16.3 Å². The Kier molecular flexibility index (Phi) is 6.59. The number of hydrogen-bond acceptors (Lipinski definition) is 4. The van der Waals surface area contributed by atoms with E-state index in [1.54, 1.807) is 37.3 Å². The van der Waals surface area contributed by atoms with Gasteiger partial charge in [0.15, 0.2) is 0 Å². The minimum Gasteiger partial charge on any atom is -0.378 e. The molecule has 150 valence electrons. The first kappa shape index (κ1) is 20.6. The number of para-hydroxylation sites is 1. The van der Waals surface area contributed by atoms with Crippen molar-refractivity contribution in [2.45, 2.75) is 37.2 Å². The first-order chi connectivity index (χ1) is 13.4. The van der Waals surface area contributed by atoms with E-state index in [2.05, 4.69) is 5.32 Å². The van der Waals surface area contributed by atoms with E-state index in [1.807, 2.05) is 6.07 Å². The zero-order chi connectivity index (χ0) is 20.1. The number of benzene rings is 2. The van der Waals surface area contributed by atoms with Crippen LogP contribution in [0.25, 0.3) is 0 Å². The number of sulfonamides is 1. The van der Waals surface area contributed by atoms with Gasteiger partial charge in [-0.1, -0.05) is 29.8 Å². The molecule has 0 aliphatic carbocycles. The Morgan fingerprint density at radius 3 is 2.64 bits per heavy atom. The second-order valence-corrected chi connectivity index (χ2v) is 8.78. The fourth-order valence-corrected chi connectivity index (χ4v) is 5.18. The highest BCUT2D eigenvalue weighted by molar-refractivity contribution is 7.93. The summed E-state index contributed by atoms with van der Waals surface area (Å²) >= 11 is 6.20. The smallest absolute Gasteiger partial charge is 0.265 e. The van der Waals surface area contributed by atoms with Crippen molar-refractivity contribution in [2.24, 2.45) is 0 Å². The number of hydrogen-bond donors (Lipinski definition) is 1. The fraction of sp³-hybridized carbons (Fsp3) is 0.350. The molecule has 0 radical (unpaired) electrons. The molecule has 0 saturated carbocycles. The molecular formula is C20H23ClN2O4S. The van der Waals surface area contributed by atoms with Gasteiger partial charge in [-0.2, -0.15) is 0 Å². The second-order valence-electron chi connectivity index (χ2n) is 6.54. The van der Waals surface area contributed by atoms with Crippen molar-refractivity contribution in [3.05, 3.63) is 53.6 Å². The highest BCUT2D eigenvalue weighted by Crippen LogP contribution is 2.30. The Bertz CT molecular complexity index is 928. The van der Waals surface area contributed by atoms with Gasteiger partial charge in [0.1, 0.15) is 4.90 Å². The lowest BCUT2D eigenvalue weighted by molar-refractivity contribution is -0.118. The van der Waals surface area contributed by atoms with Crippen LogP contribution in [0.2, 0.25) is 5.02 Å². The van der Waals surface area contributed by atoms with Gasteiger partial charge >= 0.3 is 0 Å². The van der Waals surface area contributed by atoms with Crippen LogP contribution in [-0.4, -0.2) is 33.6 Å². The fourth-order valence-electron chi connectivity index (χ4n) is 3.21. The van der Waals surface area contributed by atoms with E-state index in [0.717, 1.165) is 12.8 Å². The molecule has 1 aliphatic heterocycles. The quantitative estimate of drug-likeness (QED) is 0.729. The Balaban J connectivity index is 1.84. The maximum absolute atomic E-state index is 13.2. The summed E-state index contributed by atoms with van der Waals surface area (Å²) < 4.78 is 33.2. The van der Waals surface area contributed by atoms with Crippen LogP contribution in [0.4, 0.5) is 11.4 Å². The van der Waals surface area contributed by atoms with Crippen LogP contribution in [0.5, 0.6) is 0 Å². The molecule has 1 saturated heterocycles. The SMILES string of the molecule is CCN(c1ccccc1)S(=O)(=O)c1cc(NC(=O)C[C@@H]2CCCO2)ccc1Cl. The zero-order valence-electron chi connectivity index (χ0n) is 15.6. The molecule has 1 aliphatic rings. The van der Waals surface area contributed by atoms with Gasteiger partial charge in [-0.3, -0.25) is 9.10 Å². The standard InChI is InChI=1S/C20H23ClN2O4S/c1-2-23(16-7-4-3-5-8-16)28(25,26)19-13-15(10-11-18(19)21)22-20(24)14-17-9-6-12-27-17/h3-5,7-8,10-11,13,17H,2,6,9,12,14H2,1H3,(H,22,24)/t17-/m0/s1. The Morgan fingerprint density at radius 1 is 1.25 bits per heavy atom. The van der Waals surface area contributed by atoms with Gasteiger partial charge in [0.2, 0.25) is 5.91 Å². The molecule has 1 atom stereocenters. The summed E-state index contributed by atoms with van der Waals surface area (Å²) in [6, 6.07) is 13.3. The first-order valence-electron chi connectivity index (χ1n) is 9.20. The van der Waals surface area contributed by atoms with E-state index in [1.165, 1.54) is 16.4 Å². The van der Waals surface area contributed by atoms with Gasteiger partial charge in [-0.25, -0.2) is 8.42 Å². The molecule has 1 fully saturated rings. The van der Waals surface area contributed by atoms with Crippen molar-refractivity contribution in [3.63, 3.8) is 0 Å². The number of halogens is 1. The molecule has 1 heterocycles. The normalized spacial score (nSPS) is 16.7. The number of amides is 1. The van der Waals surface area contributed by atoms with Crippen LogP contribution in [0, 0.1) is 0 Å². The number of anilines is 2. The molecule has 0 aromatic heterocycles. The van der Waals surface area contributed by atoms with Gasteiger partial charge in [0.25, 0.3) is 10.0 Å². The molecule has 1 amide bonds. The topological polar surface area (TPSA) is 75.7 Å². The molecule has 6 nitrogen and oxygen atoms in total. The van der Waals surface area contributed by atoms with Gasteiger partial charge in [-0.05, 0) is 50.1 Å². The molecular weight excluding hydrogens is 400 g/mol. The van der Waals surface area contributed by atoms with Gasteiger partial charge in [0.05, 0.1) is 23.2 Å². The third kappa shape index (κ3) is 4.66. The number of rotatable bonds is 7. The third-order valence-corrected chi connectivity index (χ3v) is 6.94. The van der Waals surface area contributed by atoms with Crippen molar-refractivity contribution in [1.82, 2.24) is 0 Å². The summed E-state index contributed by atoms with van der Waals surface area (Å²) in [5.41, 5.74) is 0.934.